The van der Waals surface area contributed by atoms with Gasteiger partial charge in [-0.15, -0.1) is 4.58 Å². The number of allylic oxidation sites excluding steroid dienone is 1. The molecule has 122 valence electrons. The Kier molecular flexibility index (Phi) is 5.06. The van der Waals surface area contributed by atoms with E-state index in [1.54, 1.807) is 10.8 Å². The van der Waals surface area contributed by atoms with Gasteiger partial charge >= 0.3 is 5.91 Å². The molecule has 4 heteroatoms. The number of nitrogens with one attached hydrogen (secondary N) is 1. The maximum Gasteiger partial charge on any atom is 0.462 e. The normalized spacial score (nSPS) is 13.9. The number of carbonyl (C=O) groups is 1. The van der Waals surface area contributed by atoms with Crippen LogP contribution < -0.4 is 5.32 Å². The van der Waals surface area contributed by atoms with E-state index in [0.717, 1.165) is 24.4 Å². The van der Waals surface area contributed by atoms with E-state index in [4.69, 9.17) is 4.74 Å². The molecule has 0 aromatic heterocycles. The fraction of sp³-hybridized carbons (Fsp3) is 0.200. The minimum atomic E-state index is -0.134. The molecule has 4 nitrogen and oxygen atoms in total. The maximum atomic E-state index is 12.7. The highest BCUT2D eigenvalue weighted by Crippen LogP contribution is 2.20. The van der Waals surface area contributed by atoms with Gasteiger partial charge in [-0.05, 0) is 12.5 Å². The van der Waals surface area contributed by atoms with Gasteiger partial charge in [0.1, 0.15) is 0 Å². The molecule has 2 aromatic rings. The van der Waals surface area contributed by atoms with Gasteiger partial charge in [0.25, 0.3) is 5.76 Å². The second-order valence-corrected chi connectivity index (χ2v) is 5.50. The van der Waals surface area contributed by atoms with Gasteiger partial charge in [-0.2, -0.15) is 0 Å². The number of nitrogens with zero attached hydrogens (tertiary/aromatic N) is 1. The van der Waals surface area contributed by atoms with Crippen LogP contribution in [0, 0.1) is 0 Å². The van der Waals surface area contributed by atoms with E-state index >= 15 is 0 Å². The number of amides is 1. The summed E-state index contributed by atoms with van der Waals surface area (Å²) in [6, 6.07) is 19.7. The molecule has 1 N–H and O–H groups in total. The third-order valence-electron chi connectivity index (χ3n) is 3.80. The van der Waals surface area contributed by atoms with Gasteiger partial charge in [0, 0.05) is 25.1 Å². The van der Waals surface area contributed by atoms with Crippen molar-refractivity contribution in [2.45, 2.75) is 13.3 Å². The van der Waals surface area contributed by atoms with Crippen LogP contribution in [0.1, 0.15) is 12.5 Å². The molecule has 0 unspecified atom stereocenters. The summed E-state index contributed by atoms with van der Waals surface area (Å²) in [7, 11) is 0. The quantitative estimate of drug-likeness (QED) is 0.797. The predicted molar refractivity (Wildman–Crippen MR) is 94.2 cm³/mol. The van der Waals surface area contributed by atoms with Gasteiger partial charge in [-0.3, -0.25) is 0 Å². The summed E-state index contributed by atoms with van der Waals surface area (Å²) in [5.41, 5.74) is 2.76. The van der Waals surface area contributed by atoms with Crippen molar-refractivity contribution in [1.82, 2.24) is 5.32 Å². The Labute approximate surface area is 142 Å². The molecule has 0 bridgehead atoms. The Morgan fingerprint density at radius 1 is 1.00 bits per heavy atom. The largest absolute Gasteiger partial charge is 0.482 e. The Morgan fingerprint density at radius 3 is 2.33 bits per heavy atom. The van der Waals surface area contributed by atoms with Crippen LogP contribution in [0.5, 0.6) is 0 Å². The van der Waals surface area contributed by atoms with Crippen LogP contribution in [-0.2, 0) is 16.0 Å². The molecule has 0 radical (unpaired) electrons. The molecule has 2 aromatic carbocycles. The second-order valence-electron chi connectivity index (χ2n) is 5.50. The van der Waals surface area contributed by atoms with E-state index in [0.29, 0.717) is 12.4 Å². The van der Waals surface area contributed by atoms with Crippen molar-refractivity contribution >= 4 is 17.8 Å². The summed E-state index contributed by atoms with van der Waals surface area (Å²) in [6.45, 7) is 3.20. The first-order chi connectivity index (χ1) is 11.8. The molecular formula is C20H21N2O2+. The molecule has 1 heterocycles. The van der Waals surface area contributed by atoms with Crippen molar-refractivity contribution in [2.24, 2.45) is 0 Å². The molecule has 0 saturated heterocycles. The molecule has 0 spiro atoms. The number of hydrogen-bond donors (Lipinski definition) is 1. The van der Waals surface area contributed by atoms with Crippen molar-refractivity contribution in [1.29, 1.82) is 0 Å². The van der Waals surface area contributed by atoms with Crippen LogP contribution in [0.3, 0.4) is 0 Å². The topological polar surface area (TPSA) is 41.3 Å². The van der Waals surface area contributed by atoms with Crippen LogP contribution in [0.25, 0.3) is 0 Å². The molecule has 0 atom stereocenters. The zero-order chi connectivity index (χ0) is 16.8. The van der Waals surface area contributed by atoms with Gasteiger partial charge in [0.05, 0.1) is 6.61 Å². The van der Waals surface area contributed by atoms with Crippen molar-refractivity contribution in [3.63, 3.8) is 0 Å². The van der Waals surface area contributed by atoms with Crippen molar-refractivity contribution in [2.75, 3.05) is 13.2 Å². The zero-order valence-electron chi connectivity index (χ0n) is 13.7. The van der Waals surface area contributed by atoms with Crippen LogP contribution >= 0.6 is 0 Å². The molecule has 24 heavy (non-hydrogen) atoms. The summed E-state index contributed by atoms with van der Waals surface area (Å²) in [5.74, 6) is 0.252. The molecule has 1 amide bonds. The number of benzene rings is 2. The highest BCUT2D eigenvalue weighted by molar-refractivity contribution is 6.01. The van der Waals surface area contributed by atoms with Crippen molar-refractivity contribution < 1.29 is 14.1 Å². The first kappa shape index (κ1) is 16.0. The summed E-state index contributed by atoms with van der Waals surface area (Å²) >= 11 is 0. The monoisotopic (exact) mass is 321 g/mol. The van der Waals surface area contributed by atoms with E-state index in [1.807, 2.05) is 55.5 Å². The van der Waals surface area contributed by atoms with E-state index in [1.165, 1.54) is 5.56 Å². The average molecular weight is 321 g/mol. The number of ether oxygens (including phenoxy) is 1. The molecule has 1 aliphatic heterocycles. The lowest BCUT2D eigenvalue weighted by atomic mass is 10.2. The standard InChI is InChI=1S/C20H20N2O2/c1-2-21-18-15-22(17-11-7-4-8-12-17)20(23)19(18)24-14-13-16-9-5-3-6-10-16/h3-12,15H,2,13-14H2,1H3/p+1. The molecule has 0 saturated carbocycles. The van der Waals surface area contributed by atoms with Crippen LogP contribution in [0.15, 0.2) is 72.1 Å². The maximum absolute atomic E-state index is 12.7. The van der Waals surface area contributed by atoms with Gasteiger partial charge in [0.15, 0.2) is 5.70 Å². The lowest BCUT2D eigenvalue weighted by Crippen LogP contribution is -2.17. The van der Waals surface area contributed by atoms with Crippen LogP contribution in [-0.4, -0.2) is 29.8 Å². The molecule has 3 rings (SSSR count). The van der Waals surface area contributed by atoms with E-state index < -0.39 is 0 Å². The second kappa shape index (κ2) is 7.59. The minimum absolute atomic E-state index is 0.134. The third-order valence-corrected chi connectivity index (χ3v) is 3.80. The summed E-state index contributed by atoms with van der Waals surface area (Å²) in [4.78, 5) is 12.7. The molecule has 1 aliphatic rings. The van der Waals surface area contributed by atoms with E-state index in [2.05, 4.69) is 17.4 Å². The lowest BCUT2D eigenvalue weighted by Gasteiger charge is -2.06. The molecule has 0 fully saturated rings. The highest BCUT2D eigenvalue weighted by atomic mass is 16.5. The van der Waals surface area contributed by atoms with Gasteiger partial charge in [0.2, 0.25) is 11.9 Å². The Bertz CT molecular complexity index is 765. The molecular weight excluding hydrogens is 300 g/mol. The molecule has 0 aliphatic carbocycles. The summed E-state index contributed by atoms with van der Waals surface area (Å²) in [5, 5.41) is 3.21. The van der Waals surface area contributed by atoms with Gasteiger partial charge in [-0.1, -0.05) is 48.5 Å². The average Bonchev–Trinajstić information content (AvgIpc) is 2.93. The predicted octanol–water partition coefficient (Wildman–Crippen LogP) is 3.02. The number of hydrogen-bond acceptors (Lipinski definition) is 3. The highest BCUT2D eigenvalue weighted by Gasteiger charge is 2.36. The van der Waals surface area contributed by atoms with E-state index in [-0.39, 0.29) is 5.91 Å². The first-order valence-corrected chi connectivity index (χ1v) is 8.18. The number of carbonyl (C=O) groups excluding carboxylic acids is 1. The number of rotatable bonds is 7. The fourth-order valence-corrected chi connectivity index (χ4v) is 2.62. The Morgan fingerprint density at radius 2 is 1.67 bits per heavy atom. The smallest absolute Gasteiger partial charge is 0.462 e. The van der Waals surface area contributed by atoms with Gasteiger partial charge in [-0.25, -0.2) is 4.79 Å². The number of para-hydroxylation sites is 1. The Hall–Kier alpha value is -2.88. The SMILES string of the molecule is CCNC1=C(OCCc2ccccc2)C(=O)[N+](c2ccccc2)=C1. The van der Waals surface area contributed by atoms with Crippen LogP contribution in [0.2, 0.25) is 0 Å². The Balaban J connectivity index is 1.71. The summed E-state index contributed by atoms with van der Waals surface area (Å²) in [6.07, 6.45) is 2.57. The van der Waals surface area contributed by atoms with E-state index in [9.17, 15) is 4.79 Å². The van der Waals surface area contributed by atoms with Crippen LogP contribution in [0.4, 0.5) is 5.69 Å². The fourth-order valence-electron chi connectivity index (χ4n) is 2.62. The van der Waals surface area contributed by atoms with Gasteiger partial charge < -0.3 is 10.1 Å². The van der Waals surface area contributed by atoms with Crippen molar-refractivity contribution in [3.8, 4) is 0 Å². The van der Waals surface area contributed by atoms with Crippen molar-refractivity contribution in [3.05, 3.63) is 77.7 Å². The lowest BCUT2D eigenvalue weighted by molar-refractivity contribution is -0.356. The third kappa shape index (κ3) is 3.54. The zero-order valence-corrected chi connectivity index (χ0v) is 13.7. The summed E-state index contributed by atoms with van der Waals surface area (Å²) < 4.78 is 7.45. The first-order valence-electron chi connectivity index (χ1n) is 8.18. The minimum Gasteiger partial charge on any atom is -0.482 e.